The zero-order valence-electron chi connectivity index (χ0n) is 8.01. The third-order valence-corrected chi connectivity index (χ3v) is 2.34. The third kappa shape index (κ3) is 2.37. The lowest BCUT2D eigenvalue weighted by Crippen LogP contribution is -2.11. The molecule has 0 aromatic heterocycles. The molecule has 2 rings (SSSR count). The molecular weight excluding hydrogens is 254 g/mol. The molecule has 0 radical (unpaired) electrons. The van der Waals surface area contributed by atoms with Gasteiger partial charge in [0, 0.05) is 0 Å². The standard InChI is InChI=1S/C12H10BrNO/c13-15-14(11-7-3-1-4-8-11)12-9-5-2-6-10-12/h1-10H. The van der Waals surface area contributed by atoms with Crippen molar-refractivity contribution in [1.82, 2.24) is 0 Å². The van der Waals surface area contributed by atoms with Crippen LogP contribution in [0.2, 0.25) is 0 Å². The fourth-order valence-electron chi connectivity index (χ4n) is 1.36. The van der Waals surface area contributed by atoms with Crippen LogP contribution < -0.4 is 5.06 Å². The summed E-state index contributed by atoms with van der Waals surface area (Å²) >= 11 is 3.02. The van der Waals surface area contributed by atoms with Crippen molar-refractivity contribution in [2.75, 3.05) is 5.06 Å². The molecule has 0 unspecified atom stereocenters. The van der Waals surface area contributed by atoms with E-state index in [0.717, 1.165) is 11.4 Å². The average molecular weight is 264 g/mol. The molecular formula is C12H10BrNO. The predicted octanol–water partition coefficient (Wildman–Crippen LogP) is 4.07. The molecule has 0 aliphatic rings. The van der Waals surface area contributed by atoms with Gasteiger partial charge in [0.05, 0.1) is 11.4 Å². The molecule has 0 saturated heterocycles. The molecule has 0 atom stereocenters. The maximum Gasteiger partial charge on any atom is 0.134 e. The zero-order chi connectivity index (χ0) is 10.5. The van der Waals surface area contributed by atoms with E-state index in [-0.39, 0.29) is 0 Å². The normalized spacial score (nSPS) is 9.93. The second kappa shape index (κ2) is 4.96. The van der Waals surface area contributed by atoms with Crippen LogP contribution in [0.25, 0.3) is 0 Å². The Hall–Kier alpha value is -1.32. The van der Waals surface area contributed by atoms with Gasteiger partial charge in [0.15, 0.2) is 0 Å². The quantitative estimate of drug-likeness (QED) is 0.775. The molecule has 0 fully saturated rings. The largest absolute Gasteiger partial charge is 0.210 e. The molecule has 2 aromatic carbocycles. The first-order valence-electron chi connectivity index (χ1n) is 4.61. The van der Waals surface area contributed by atoms with Crippen molar-refractivity contribution in [2.45, 2.75) is 0 Å². The third-order valence-electron chi connectivity index (χ3n) is 2.05. The van der Waals surface area contributed by atoms with Crippen LogP contribution in [0.3, 0.4) is 0 Å². The van der Waals surface area contributed by atoms with E-state index >= 15 is 0 Å². The van der Waals surface area contributed by atoms with Gasteiger partial charge in [-0.3, -0.25) is 0 Å². The van der Waals surface area contributed by atoms with Gasteiger partial charge in [0.25, 0.3) is 0 Å². The maximum atomic E-state index is 5.17. The second-order valence-corrected chi connectivity index (χ2v) is 3.32. The van der Waals surface area contributed by atoms with Gasteiger partial charge in [-0.1, -0.05) is 36.4 Å². The first-order valence-corrected chi connectivity index (χ1v) is 5.25. The average Bonchev–Trinajstić information content (AvgIpc) is 2.33. The Balaban J connectivity index is 2.34. The number of anilines is 2. The molecule has 76 valence electrons. The van der Waals surface area contributed by atoms with E-state index in [2.05, 4.69) is 16.3 Å². The van der Waals surface area contributed by atoms with Crippen molar-refractivity contribution < 1.29 is 3.93 Å². The van der Waals surface area contributed by atoms with Gasteiger partial charge in [0.2, 0.25) is 0 Å². The molecule has 2 nitrogen and oxygen atoms in total. The Labute approximate surface area is 97.5 Å². The van der Waals surface area contributed by atoms with Gasteiger partial charge >= 0.3 is 0 Å². The summed E-state index contributed by atoms with van der Waals surface area (Å²) in [5.41, 5.74) is 1.95. The summed E-state index contributed by atoms with van der Waals surface area (Å²) in [4.78, 5) is 0. The van der Waals surface area contributed by atoms with Crippen LogP contribution in [0.4, 0.5) is 11.4 Å². The molecule has 0 aliphatic heterocycles. The van der Waals surface area contributed by atoms with E-state index in [1.54, 1.807) is 5.06 Å². The molecule has 0 amide bonds. The minimum atomic E-state index is 0.973. The van der Waals surface area contributed by atoms with E-state index in [1.165, 1.54) is 0 Å². The van der Waals surface area contributed by atoms with Gasteiger partial charge in [0.1, 0.15) is 16.3 Å². The number of para-hydroxylation sites is 2. The van der Waals surface area contributed by atoms with Crippen molar-refractivity contribution in [1.29, 1.82) is 0 Å². The molecule has 15 heavy (non-hydrogen) atoms. The molecule has 3 heteroatoms. The Morgan fingerprint density at radius 3 is 1.47 bits per heavy atom. The van der Waals surface area contributed by atoms with Crippen molar-refractivity contribution in [3.05, 3.63) is 60.7 Å². The van der Waals surface area contributed by atoms with E-state index < -0.39 is 0 Å². The summed E-state index contributed by atoms with van der Waals surface area (Å²) in [6.07, 6.45) is 0. The zero-order valence-corrected chi connectivity index (χ0v) is 9.59. The van der Waals surface area contributed by atoms with Crippen LogP contribution in [0.15, 0.2) is 60.7 Å². The highest BCUT2D eigenvalue weighted by Gasteiger charge is 2.07. The summed E-state index contributed by atoms with van der Waals surface area (Å²) in [5, 5.41) is 1.71. The van der Waals surface area contributed by atoms with Crippen LogP contribution in [0.5, 0.6) is 0 Å². The van der Waals surface area contributed by atoms with Crippen LogP contribution in [-0.2, 0) is 3.93 Å². The summed E-state index contributed by atoms with van der Waals surface area (Å²) in [7, 11) is 0. The maximum absolute atomic E-state index is 5.17. The van der Waals surface area contributed by atoms with Gasteiger partial charge in [-0.25, -0.2) is 5.06 Å². The monoisotopic (exact) mass is 263 g/mol. The first kappa shape index (κ1) is 10.2. The topological polar surface area (TPSA) is 12.5 Å². The summed E-state index contributed by atoms with van der Waals surface area (Å²) in [6.45, 7) is 0. The van der Waals surface area contributed by atoms with Gasteiger partial charge in [-0.15, -0.1) is 0 Å². The smallest absolute Gasteiger partial charge is 0.134 e. The van der Waals surface area contributed by atoms with E-state index in [4.69, 9.17) is 3.93 Å². The van der Waals surface area contributed by atoms with Crippen molar-refractivity contribution >= 4 is 27.6 Å². The highest BCUT2D eigenvalue weighted by molar-refractivity contribution is 9.06. The number of hydrogen-bond donors (Lipinski definition) is 0. The highest BCUT2D eigenvalue weighted by atomic mass is 79.9. The molecule has 0 saturated carbocycles. The molecule has 2 aromatic rings. The van der Waals surface area contributed by atoms with Crippen LogP contribution in [-0.4, -0.2) is 0 Å². The Morgan fingerprint density at radius 2 is 1.13 bits per heavy atom. The summed E-state index contributed by atoms with van der Waals surface area (Å²) < 4.78 is 5.17. The lowest BCUT2D eigenvalue weighted by Gasteiger charge is -2.19. The van der Waals surface area contributed by atoms with Crippen LogP contribution in [0, 0.1) is 0 Å². The lowest BCUT2D eigenvalue weighted by atomic mass is 10.2. The van der Waals surface area contributed by atoms with Gasteiger partial charge in [-0.2, -0.15) is 3.93 Å². The molecule has 0 spiro atoms. The van der Waals surface area contributed by atoms with Crippen molar-refractivity contribution in [2.24, 2.45) is 0 Å². The summed E-state index contributed by atoms with van der Waals surface area (Å²) in [6, 6.07) is 19.7. The molecule has 0 heterocycles. The van der Waals surface area contributed by atoms with Crippen molar-refractivity contribution in [3.8, 4) is 0 Å². The SMILES string of the molecule is BrON(c1ccccc1)c1ccccc1. The fraction of sp³-hybridized carbons (Fsp3) is 0. The molecule has 0 aliphatic carbocycles. The Morgan fingerprint density at radius 1 is 0.733 bits per heavy atom. The van der Waals surface area contributed by atoms with Gasteiger partial charge < -0.3 is 0 Å². The van der Waals surface area contributed by atoms with E-state index in [0.29, 0.717) is 0 Å². The first-order chi connectivity index (χ1) is 7.42. The number of hydrogen-bond acceptors (Lipinski definition) is 2. The van der Waals surface area contributed by atoms with E-state index in [9.17, 15) is 0 Å². The molecule has 0 N–H and O–H groups in total. The van der Waals surface area contributed by atoms with Gasteiger partial charge in [-0.05, 0) is 24.3 Å². The number of benzene rings is 2. The molecule has 0 bridgehead atoms. The highest BCUT2D eigenvalue weighted by Crippen LogP contribution is 2.26. The van der Waals surface area contributed by atoms with E-state index in [1.807, 2.05) is 60.7 Å². The second-order valence-electron chi connectivity index (χ2n) is 3.03. The van der Waals surface area contributed by atoms with Crippen LogP contribution >= 0.6 is 16.3 Å². The number of nitrogens with zero attached hydrogens (tertiary/aromatic N) is 1. The number of rotatable bonds is 3. The van der Waals surface area contributed by atoms with Crippen molar-refractivity contribution in [3.63, 3.8) is 0 Å². The fourth-order valence-corrected chi connectivity index (χ4v) is 1.69. The Kier molecular flexibility index (Phi) is 3.37. The lowest BCUT2D eigenvalue weighted by molar-refractivity contribution is 0.407. The van der Waals surface area contributed by atoms with Crippen LogP contribution in [0.1, 0.15) is 0 Å². The Bertz CT molecular complexity index is 365. The minimum Gasteiger partial charge on any atom is -0.210 e. The predicted molar refractivity (Wildman–Crippen MR) is 65.0 cm³/mol. The minimum absolute atomic E-state index is 0.973. The number of halogens is 1. The summed E-state index contributed by atoms with van der Waals surface area (Å²) in [5.74, 6) is 0.